The fourth-order valence-corrected chi connectivity index (χ4v) is 4.57. The summed E-state index contributed by atoms with van der Waals surface area (Å²) in [6.45, 7) is 4.05. The van der Waals surface area contributed by atoms with Gasteiger partial charge in [-0.05, 0) is 36.1 Å². The van der Waals surface area contributed by atoms with Crippen molar-refractivity contribution in [3.63, 3.8) is 0 Å². The Balaban J connectivity index is 1.55. The summed E-state index contributed by atoms with van der Waals surface area (Å²) in [5, 5.41) is 5.89. The van der Waals surface area contributed by atoms with Gasteiger partial charge < -0.3 is 15.5 Å². The van der Waals surface area contributed by atoms with Gasteiger partial charge in [0.05, 0.1) is 23.9 Å². The van der Waals surface area contributed by atoms with Gasteiger partial charge >= 0.3 is 6.03 Å². The molecule has 0 unspecified atom stereocenters. The number of nitrogens with zero attached hydrogens (tertiary/aromatic N) is 2. The summed E-state index contributed by atoms with van der Waals surface area (Å²) in [5.41, 5.74) is 2.20. The number of hydrogen-bond donors (Lipinski definition) is 2. The molecule has 0 saturated heterocycles. The number of rotatable bonds is 7. The Morgan fingerprint density at radius 1 is 1.15 bits per heavy atom. The van der Waals surface area contributed by atoms with Gasteiger partial charge in [-0.15, -0.1) is 6.58 Å². The maximum atomic E-state index is 13.9. The molecule has 4 amide bonds. The van der Waals surface area contributed by atoms with Crippen molar-refractivity contribution >= 4 is 17.8 Å². The molecule has 3 aliphatic rings. The van der Waals surface area contributed by atoms with Crippen LogP contribution in [0.25, 0.3) is 0 Å². The lowest BCUT2D eigenvalue weighted by Crippen LogP contribution is -2.47. The monoisotopic (exact) mass is 460 g/mol. The van der Waals surface area contributed by atoms with Gasteiger partial charge in [0.15, 0.2) is 0 Å². The van der Waals surface area contributed by atoms with E-state index in [1.807, 2.05) is 30.3 Å². The lowest BCUT2D eigenvalue weighted by atomic mass is 9.95. The second kappa shape index (κ2) is 8.78. The first-order chi connectivity index (χ1) is 16.5. The van der Waals surface area contributed by atoms with E-state index >= 15 is 0 Å². The second-order valence-corrected chi connectivity index (χ2v) is 8.72. The molecule has 8 heteroatoms. The first-order valence-electron chi connectivity index (χ1n) is 11.3. The summed E-state index contributed by atoms with van der Waals surface area (Å²) in [4.78, 5) is 43.2. The quantitative estimate of drug-likeness (QED) is 0.623. The lowest BCUT2D eigenvalue weighted by Gasteiger charge is -2.33. The molecule has 0 radical (unpaired) electrons. The van der Waals surface area contributed by atoms with E-state index in [1.54, 1.807) is 18.2 Å². The molecule has 2 atom stereocenters. The zero-order chi connectivity index (χ0) is 23.8. The Morgan fingerprint density at radius 3 is 2.50 bits per heavy atom. The summed E-state index contributed by atoms with van der Waals surface area (Å²) in [5.74, 6) is -0.985. The number of benzene rings is 2. The van der Waals surface area contributed by atoms with E-state index in [0.717, 1.165) is 12.8 Å². The minimum absolute atomic E-state index is 0.102. The van der Waals surface area contributed by atoms with Crippen molar-refractivity contribution in [1.82, 2.24) is 20.4 Å². The van der Waals surface area contributed by atoms with Gasteiger partial charge in [-0.2, -0.15) is 0 Å². The number of hydrogen-bond acceptors (Lipinski definition) is 3. The molecule has 0 bridgehead atoms. The van der Waals surface area contributed by atoms with E-state index < -0.39 is 17.9 Å². The lowest BCUT2D eigenvalue weighted by molar-refractivity contribution is -0.136. The largest absolute Gasteiger partial charge is 0.351 e. The highest BCUT2D eigenvalue weighted by molar-refractivity contribution is 6.04. The zero-order valence-corrected chi connectivity index (χ0v) is 18.5. The summed E-state index contributed by atoms with van der Waals surface area (Å²) < 4.78 is 13.6. The molecule has 0 aromatic heterocycles. The third-order valence-electron chi connectivity index (χ3n) is 6.36. The average molecular weight is 461 g/mol. The Kier molecular flexibility index (Phi) is 5.65. The summed E-state index contributed by atoms with van der Waals surface area (Å²) >= 11 is 0. The zero-order valence-electron chi connectivity index (χ0n) is 18.5. The van der Waals surface area contributed by atoms with Gasteiger partial charge in [0, 0.05) is 12.6 Å². The van der Waals surface area contributed by atoms with E-state index in [2.05, 4.69) is 17.2 Å². The fraction of sp³-hybridized carbons (Fsp3) is 0.269. The molecule has 2 aromatic rings. The highest BCUT2D eigenvalue weighted by Gasteiger charge is 2.47. The van der Waals surface area contributed by atoms with Crippen molar-refractivity contribution in [2.45, 2.75) is 31.0 Å². The highest BCUT2D eigenvalue weighted by atomic mass is 19.1. The predicted octanol–water partition coefficient (Wildman–Crippen LogP) is 3.19. The molecular weight excluding hydrogens is 435 g/mol. The number of halogens is 1. The number of amides is 4. The van der Waals surface area contributed by atoms with Crippen molar-refractivity contribution < 1.29 is 18.8 Å². The average Bonchev–Trinajstić information content (AvgIpc) is 3.59. The number of carbonyl (C=O) groups is 3. The second-order valence-electron chi connectivity index (χ2n) is 8.72. The molecule has 1 fully saturated rings. The molecule has 2 aromatic carbocycles. The van der Waals surface area contributed by atoms with Gasteiger partial charge in [-0.25, -0.2) is 9.18 Å². The van der Waals surface area contributed by atoms with Crippen LogP contribution >= 0.6 is 0 Å². The van der Waals surface area contributed by atoms with Crippen LogP contribution in [0.2, 0.25) is 0 Å². The normalized spacial score (nSPS) is 20.7. The van der Waals surface area contributed by atoms with Crippen molar-refractivity contribution in [2.75, 3.05) is 13.1 Å². The van der Waals surface area contributed by atoms with Crippen LogP contribution in [0.15, 0.2) is 78.5 Å². The molecule has 5 rings (SSSR count). The maximum absolute atomic E-state index is 13.9. The van der Waals surface area contributed by atoms with Gasteiger partial charge in [0.2, 0.25) is 5.91 Å². The fourth-order valence-electron chi connectivity index (χ4n) is 4.57. The minimum atomic E-state index is -0.838. The van der Waals surface area contributed by atoms with Crippen LogP contribution in [0.4, 0.5) is 9.18 Å². The van der Waals surface area contributed by atoms with Crippen LogP contribution in [-0.2, 0) is 9.59 Å². The van der Waals surface area contributed by atoms with E-state index in [-0.39, 0.29) is 37.0 Å². The SMILES string of the molecule is C=CCN1C(=O)N[C@H](c2ccc(F)cc2)C2=C1CN([C@@H](C(=O)NC1CC1)c1ccccc1)C2=O. The Bertz CT molecular complexity index is 1170. The molecule has 7 nitrogen and oxygen atoms in total. The van der Waals surface area contributed by atoms with Gasteiger partial charge in [0.25, 0.3) is 5.91 Å². The third kappa shape index (κ3) is 3.96. The molecule has 0 spiro atoms. The summed E-state index contributed by atoms with van der Waals surface area (Å²) in [6, 6.07) is 13.0. The molecule has 34 heavy (non-hydrogen) atoms. The number of carbonyl (C=O) groups excluding carboxylic acids is 3. The Labute approximate surface area is 196 Å². The predicted molar refractivity (Wildman–Crippen MR) is 124 cm³/mol. The first-order valence-corrected chi connectivity index (χ1v) is 11.3. The molecule has 1 aliphatic carbocycles. The van der Waals surface area contributed by atoms with Gasteiger partial charge in [0.1, 0.15) is 11.9 Å². The molecule has 2 aliphatic heterocycles. The maximum Gasteiger partial charge on any atom is 0.322 e. The molecule has 1 saturated carbocycles. The standard InChI is InChI=1S/C26H25FN4O3/c1-2-14-30-20-15-31(23(17-6-4-3-5-7-17)24(32)28-19-12-13-19)25(33)21(20)22(29-26(30)34)16-8-10-18(27)11-9-16/h2-11,19,22-23H,1,12-15H2,(H,28,32)(H,29,34)/t22-,23-/m1/s1. The molecule has 174 valence electrons. The van der Waals surface area contributed by atoms with E-state index in [4.69, 9.17) is 0 Å². The third-order valence-corrected chi connectivity index (χ3v) is 6.36. The highest BCUT2D eigenvalue weighted by Crippen LogP contribution is 2.40. The van der Waals surface area contributed by atoms with E-state index in [0.29, 0.717) is 22.4 Å². The van der Waals surface area contributed by atoms with Gasteiger partial charge in [-0.1, -0.05) is 48.5 Å². The Hall–Kier alpha value is -3.94. The number of nitrogens with one attached hydrogen (secondary N) is 2. The van der Waals surface area contributed by atoms with Crippen LogP contribution in [-0.4, -0.2) is 46.8 Å². The molecule has 2 heterocycles. The van der Waals surface area contributed by atoms with Crippen molar-refractivity contribution in [1.29, 1.82) is 0 Å². The first kappa shape index (κ1) is 21.9. The van der Waals surface area contributed by atoms with Crippen LogP contribution in [0.3, 0.4) is 0 Å². The molecule has 2 N–H and O–H groups in total. The van der Waals surface area contributed by atoms with Crippen molar-refractivity contribution in [2.24, 2.45) is 0 Å². The number of urea groups is 1. The van der Waals surface area contributed by atoms with E-state index in [1.165, 1.54) is 21.9 Å². The smallest absolute Gasteiger partial charge is 0.322 e. The van der Waals surface area contributed by atoms with Crippen LogP contribution in [0, 0.1) is 5.82 Å². The van der Waals surface area contributed by atoms with Crippen LogP contribution in [0.1, 0.15) is 36.1 Å². The van der Waals surface area contributed by atoms with Crippen LogP contribution < -0.4 is 10.6 Å². The van der Waals surface area contributed by atoms with Crippen molar-refractivity contribution in [3.8, 4) is 0 Å². The topological polar surface area (TPSA) is 81.8 Å². The Morgan fingerprint density at radius 2 is 1.85 bits per heavy atom. The van der Waals surface area contributed by atoms with Gasteiger partial charge in [-0.3, -0.25) is 14.5 Å². The minimum Gasteiger partial charge on any atom is -0.351 e. The summed E-state index contributed by atoms with van der Waals surface area (Å²) in [6.07, 6.45) is 3.44. The molecular formula is C26H25FN4O3. The van der Waals surface area contributed by atoms with Crippen molar-refractivity contribution in [3.05, 3.63) is 95.5 Å². The van der Waals surface area contributed by atoms with E-state index in [9.17, 15) is 18.8 Å². The van der Waals surface area contributed by atoms with Crippen LogP contribution in [0.5, 0.6) is 0 Å². The summed E-state index contributed by atoms with van der Waals surface area (Å²) in [7, 11) is 0.